The molecule has 0 saturated carbocycles. The van der Waals surface area contributed by atoms with E-state index in [0.29, 0.717) is 6.54 Å². The molecule has 1 atom stereocenters. The molecule has 22 heavy (non-hydrogen) atoms. The number of hydrogen-bond donors (Lipinski definition) is 1. The van der Waals surface area contributed by atoms with E-state index in [1.807, 2.05) is 17.0 Å². The predicted octanol–water partition coefficient (Wildman–Crippen LogP) is 1.22. The van der Waals surface area contributed by atoms with Crippen molar-refractivity contribution in [2.45, 2.75) is 25.4 Å². The number of anilines is 1. The van der Waals surface area contributed by atoms with Crippen LogP contribution >= 0.6 is 0 Å². The Bertz CT molecular complexity index is 528. The van der Waals surface area contributed by atoms with Gasteiger partial charge in [0.2, 0.25) is 5.91 Å². The Hall–Kier alpha value is -1.59. The highest BCUT2D eigenvalue weighted by Crippen LogP contribution is 2.25. The van der Waals surface area contributed by atoms with Gasteiger partial charge in [0.05, 0.1) is 6.04 Å². The number of benzene rings is 1. The van der Waals surface area contributed by atoms with Gasteiger partial charge in [-0.15, -0.1) is 0 Å². The number of carbonyl (C=O) groups is 1. The van der Waals surface area contributed by atoms with Crippen LogP contribution in [0.4, 0.5) is 5.69 Å². The Morgan fingerprint density at radius 3 is 2.77 bits per heavy atom. The van der Waals surface area contributed by atoms with Gasteiger partial charge in [0.15, 0.2) is 0 Å². The minimum atomic E-state index is -0.403. The Balaban J connectivity index is 1.73. The van der Waals surface area contributed by atoms with Crippen molar-refractivity contribution in [2.24, 2.45) is 11.7 Å². The van der Waals surface area contributed by atoms with Crippen molar-refractivity contribution in [2.75, 3.05) is 38.3 Å². The lowest BCUT2D eigenvalue weighted by Gasteiger charge is -2.31. The minimum absolute atomic E-state index is 0.0806. The second-order valence-electron chi connectivity index (χ2n) is 6.29. The molecule has 3 rings (SSSR count). The second kappa shape index (κ2) is 6.67. The quantitative estimate of drug-likeness (QED) is 0.892. The number of ether oxygens (including phenoxy) is 1. The van der Waals surface area contributed by atoms with Gasteiger partial charge in [-0.05, 0) is 30.4 Å². The first-order chi connectivity index (χ1) is 10.7. The van der Waals surface area contributed by atoms with Crippen LogP contribution in [0.2, 0.25) is 0 Å². The topological polar surface area (TPSA) is 58.8 Å². The number of hydrogen-bond acceptors (Lipinski definition) is 4. The van der Waals surface area contributed by atoms with E-state index in [4.69, 9.17) is 10.5 Å². The van der Waals surface area contributed by atoms with Crippen LogP contribution in [0.5, 0.6) is 0 Å². The average molecular weight is 303 g/mol. The van der Waals surface area contributed by atoms with E-state index < -0.39 is 6.04 Å². The van der Waals surface area contributed by atoms with Crippen molar-refractivity contribution in [1.29, 1.82) is 0 Å². The molecule has 0 bridgehead atoms. The highest BCUT2D eigenvalue weighted by Gasteiger charge is 2.31. The Morgan fingerprint density at radius 2 is 2.00 bits per heavy atom. The SMILES string of the molecule is CN1CCN(C(=O)C(N)C2CCOCC2)Cc2ccccc21. The fourth-order valence-electron chi connectivity index (χ4n) is 3.37. The van der Waals surface area contributed by atoms with E-state index in [0.717, 1.165) is 39.1 Å². The third-order valence-corrected chi connectivity index (χ3v) is 4.84. The van der Waals surface area contributed by atoms with Crippen LogP contribution in [0.1, 0.15) is 18.4 Å². The third-order valence-electron chi connectivity index (χ3n) is 4.84. The molecule has 5 nitrogen and oxygen atoms in total. The lowest BCUT2D eigenvalue weighted by atomic mass is 9.91. The molecule has 1 aromatic rings. The van der Waals surface area contributed by atoms with Crippen LogP contribution in [0.15, 0.2) is 24.3 Å². The van der Waals surface area contributed by atoms with Crippen LogP contribution in [0.25, 0.3) is 0 Å². The smallest absolute Gasteiger partial charge is 0.240 e. The van der Waals surface area contributed by atoms with Gasteiger partial charge in [-0.3, -0.25) is 4.79 Å². The highest BCUT2D eigenvalue weighted by atomic mass is 16.5. The zero-order chi connectivity index (χ0) is 15.5. The van der Waals surface area contributed by atoms with Gasteiger partial charge in [0, 0.05) is 45.6 Å². The molecule has 5 heteroatoms. The summed E-state index contributed by atoms with van der Waals surface area (Å²) in [4.78, 5) is 16.9. The molecule has 1 saturated heterocycles. The maximum absolute atomic E-state index is 12.8. The van der Waals surface area contributed by atoms with Gasteiger partial charge in [-0.25, -0.2) is 0 Å². The Labute approximate surface area is 132 Å². The normalized spacial score (nSPS) is 21.2. The Morgan fingerprint density at radius 1 is 1.27 bits per heavy atom. The molecule has 0 spiro atoms. The number of amides is 1. The molecule has 2 aliphatic heterocycles. The average Bonchev–Trinajstić information content (AvgIpc) is 2.74. The van der Waals surface area contributed by atoms with Gasteiger partial charge in [-0.2, -0.15) is 0 Å². The maximum Gasteiger partial charge on any atom is 0.240 e. The first kappa shape index (κ1) is 15.3. The van der Waals surface area contributed by atoms with Gasteiger partial charge >= 0.3 is 0 Å². The summed E-state index contributed by atoms with van der Waals surface area (Å²) >= 11 is 0. The molecule has 2 aliphatic rings. The van der Waals surface area contributed by atoms with Gasteiger partial charge in [-0.1, -0.05) is 18.2 Å². The van der Waals surface area contributed by atoms with Crippen molar-refractivity contribution in [3.05, 3.63) is 29.8 Å². The van der Waals surface area contributed by atoms with Crippen molar-refractivity contribution < 1.29 is 9.53 Å². The number of rotatable bonds is 2. The molecule has 1 unspecified atom stereocenters. The summed E-state index contributed by atoms with van der Waals surface area (Å²) < 4.78 is 5.37. The summed E-state index contributed by atoms with van der Waals surface area (Å²) in [5.74, 6) is 0.328. The number of para-hydroxylation sites is 1. The summed E-state index contributed by atoms with van der Waals surface area (Å²) in [5.41, 5.74) is 8.66. The highest BCUT2D eigenvalue weighted by molar-refractivity contribution is 5.82. The number of carbonyl (C=O) groups excluding carboxylic acids is 1. The minimum Gasteiger partial charge on any atom is -0.381 e. The molecule has 1 fully saturated rings. The van der Waals surface area contributed by atoms with E-state index in [-0.39, 0.29) is 11.8 Å². The molecule has 1 amide bonds. The van der Waals surface area contributed by atoms with Gasteiger partial charge in [0.25, 0.3) is 0 Å². The van der Waals surface area contributed by atoms with Gasteiger partial charge < -0.3 is 20.3 Å². The molecule has 0 aromatic heterocycles. The van der Waals surface area contributed by atoms with E-state index in [1.165, 1.54) is 11.3 Å². The zero-order valence-corrected chi connectivity index (χ0v) is 13.2. The number of nitrogens with zero attached hydrogens (tertiary/aromatic N) is 2. The van der Waals surface area contributed by atoms with Crippen LogP contribution in [-0.2, 0) is 16.1 Å². The second-order valence-corrected chi connectivity index (χ2v) is 6.29. The fourth-order valence-corrected chi connectivity index (χ4v) is 3.37. The van der Waals surface area contributed by atoms with Crippen LogP contribution < -0.4 is 10.6 Å². The van der Waals surface area contributed by atoms with Crippen LogP contribution in [0, 0.1) is 5.92 Å². The van der Waals surface area contributed by atoms with Crippen molar-refractivity contribution in [1.82, 2.24) is 4.90 Å². The van der Waals surface area contributed by atoms with Crippen molar-refractivity contribution in [3.8, 4) is 0 Å². The summed E-state index contributed by atoms with van der Waals surface area (Å²) in [6, 6.07) is 7.87. The third kappa shape index (κ3) is 3.10. The Kier molecular flexibility index (Phi) is 4.64. The zero-order valence-electron chi connectivity index (χ0n) is 13.2. The molecular weight excluding hydrogens is 278 g/mol. The number of nitrogens with two attached hydrogens (primary N) is 1. The molecule has 2 heterocycles. The molecule has 0 aliphatic carbocycles. The van der Waals surface area contributed by atoms with Crippen molar-refractivity contribution in [3.63, 3.8) is 0 Å². The van der Waals surface area contributed by atoms with E-state index >= 15 is 0 Å². The molecule has 1 aromatic carbocycles. The maximum atomic E-state index is 12.8. The van der Waals surface area contributed by atoms with Crippen LogP contribution in [-0.4, -0.2) is 50.2 Å². The standard InChI is InChI=1S/C17H25N3O2/c1-19-8-9-20(12-14-4-2-3-5-15(14)19)17(21)16(18)13-6-10-22-11-7-13/h2-5,13,16H,6-12,18H2,1H3. The monoisotopic (exact) mass is 303 g/mol. The fraction of sp³-hybridized carbons (Fsp3) is 0.588. The molecule has 2 N–H and O–H groups in total. The van der Waals surface area contributed by atoms with Gasteiger partial charge in [0.1, 0.15) is 0 Å². The summed E-state index contributed by atoms with van der Waals surface area (Å²) in [6.07, 6.45) is 1.77. The largest absolute Gasteiger partial charge is 0.381 e. The summed E-state index contributed by atoms with van der Waals surface area (Å²) in [5, 5.41) is 0. The summed E-state index contributed by atoms with van der Waals surface area (Å²) in [6.45, 7) is 3.65. The van der Waals surface area contributed by atoms with E-state index in [1.54, 1.807) is 0 Å². The first-order valence-corrected chi connectivity index (χ1v) is 8.08. The molecular formula is C17H25N3O2. The molecule has 120 valence electrons. The lowest BCUT2D eigenvalue weighted by Crippen LogP contribution is -2.49. The predicted molar refractivity (Wildman–Crippen MR) is 86.6 cm³/mol. The van der Waals surface area contributed by atoms with Crippen LogP contribution in [0.3, 0.4) is 0 Å². The first-order valence-electron chi connectivity index (χ1n) is 8.08. The van der Waals surface area contributed by atoms with Crippen molar-refractivity contribution >= 4 is 11.6 Å². The lowest BCUT2D eigenvalue weighted by molar-refractivity contribution is -0.135. The number of fused-ring (bicyclic) bond motifs is 1. The van der Waals surface area contributed by atoms with E-state index in [2.05, 4.69) is 24.1 Å². The van der Waals surface area contributed by atoms with E-state index in [9.17, 15) is 4.79 Å². The molecule has 0 radical (unpaired) electrons. The summed E-state index contributed by atoms with van der Waals surface area (Å²) in [7, 11) is 2.07. The number of likely N-dealkylation sites (N-methyl/N-ethyl adjacent to an activating group) is 1.